The zero-order valence-corrected chi connectivity index (χ0v) is 22.4. The summed E-state index contributed by atoms with van der Waals surface area (Å²) in [5.74, 6) is 0.484. The molecule has 2 aromatic carbocycles. The van der Waals surface area contributed by atoms with E-state index in [1.165, 1.54) is 11.0 Å². The van der Waals surface area contributed by atoms with Gasteiger partial charge >= 0.3 is 12.2 Å². The molecule has 0 aromatic heterocycles. The van der Waals surface area contributed by atoms with Gasteiger partial charge in [0.15, 0.2) is 0 Å². The van der Waals surface area contributed by atoms with E-state index in [-0.39, 0.29) is 12.1 Å². The van der Waals surface area contributed by atoms with Crippen molar-refractivity contribution in [3.63, 3.8) is 0 Å². The fourth-order valence-corrected chi connectivity index (χ4v) is 3.59. The number of allylic oxidation sites excluding steroid dienone is 2. The number of hydroxylamine groups is 1. The van der Waals surface area contributed by atoms with Crippen molar-refractivity contribution in [1.29, 1.82) is 0 Å². The summed E-state index contributed by atoms with van der Waals surface area (Å²) in [4.78, 5) is 36.1. The zero-order chi connectivity index (χ0) is 29.5. The SMILES string of the molecule is C/C=C(\C=C/N(C=O)CCCCCCC(=O)NO)Oc1ccc(NC(=O)Nc2ccc(Cl)c(C(F)(F)F)c2)cc1. The van der Waals surface area contributed by atoms with Gasteiger partial charge in [-0.05, 0) is 74.4 Å². The van der Waals surface area contributed by atoms with E-state index in [4.69, 9.17) is 21.5 Å². The predicted molar refractivity (Wildman–Crippen MR) is 145 cm³/mol. The highest BCUT2D eigenvalue weighted by molar-refractivity contribution is 6.31. The number of nitrogens with zero attached hydrogens (tertiary/aromatic N) is 1. The molecule has 216 valence electrons. The molecule has 0 aliphatic carbocycles. The van der Waals surface area contributed by atoms with Crippen LogP contribution in [0.1, 0.15) is 44.6 Å². The lowest BCUT2D eigenvalue weighted by Gasteiger charge is -2.13. The van der Waals surface area contributed by atoms with Gasteiger partial charge in [0, 0.05) is 30.5 Å². The summed E-state index contributed by atoms with van der Waals surface area (Å²) in [7, 11) is 0. The van der Waals surface area contributed by atoms with Crippen LogP contribution >= 0.6 is 11.6 Å². The van der Waals surface area contributed by atoms with Gasteiger partial charge in [0.2, 0.25) is 12.3 Å². The molecule has 13 heteroatoms. The Bertz CT molecular complexity index is 1200. The summed E-state index contributed by atoms with van der Waals surface area (Å²) in [6.45, 7) is 2.24. The third-order valence-electron chi connectivity index (χ3n) is 5.42. The molecule has 0 radical (unpaired) electrons. The number of carbonyl (C=O) groups is 3. The molecule has 0 unspecified atom stereocenters. The second kappa shape index (κ2) is 16.2. The number of halogens is 4. The van der Waals surface area contributed by atoms with Crippen molar-refractivity contribution < 1.29 is 37.5 Å². The van der Waals surface area contributed by atoms with Crippen molar-refractivity contribution >= 4 is 41.3 Å². The van der Waals surface area contributed by atoms with E-state index in [2.05, 4.69) is 10.6 Å². The molecule has 2 rings (SSSR count). The number of anilines is 2. The zero-order valence-electron chi connectivity index (χ0n) is 21.6. The molecule has 0 aliphatic rings. The first kappa shape index (κ1) is 32.2. The first-order valence-electron chi connectivity index (χ1n) is 12.3. The number of ether oxygens (including phenoxy) is 1. The average Bonchev–Trinajstić information content (AvgIpc) is 2.92. The van der Waals surface area contributed by atoms with Crippen molar-refractivity contribution in [1.82, 2.24) is 10.4 Å². The highest BCUT2D eigenvalue weighted by Gasteiger charge is 2.33. The summed E-state index contributed by atoms with van der Waals surface area (Å²) < 4.78 is 44.9. The van der Waals surface area contributed by atoms with Crippen LogP contribution in [-0.4, -0.2) is 35.0 Å². The number of hydrogen-bond donors (Lipinski definition) is 4. The molecule has 4 amide bonds. The van der Waals surface area contributed by atoms with Crippen molar-refractivity contribution in [2.24, 2.45) is 0 Å². The molecule has 40 heavy (non-hydrogen) atoms. The lowest BCUT2D eigenvalue weighted by Crippen LogP contribution is -2.19. The minimum Gasteiger partial charge on any atom is -0.458 e. The lowest BCUT2D eigenvalue weighted by molar-refractivity contribution is -0.137. The normalized spacial score (nSPS) is 11.7. The average molecular weight is 583 g/mol. The maximum Gasteiger partial charge on any atom is 0.417 e. The molecule has 0 heterocycles. The highest BCUT2D eigenvalue weighted by atomic mass is 35.5. The van der Waals surface area contributed by atoms with E-state index in [1.807, 2.05) is 0 Å². The molecule has 0 atom stereocenters. The van der Waals surface area contributed by atoms with Gasteiger partial charge in [-0.2, -0.15) is 13.2 Å². The summed E-state index contributed by atoms with van der Waals surface area (Å²) in [5, 5.41) is 12.9. The van der Waals surface area contributed by atoms with Gasteiger partial charge in [0.25, 0.3) is 0 Å². The summed E-state index contributed by atoms with van der Waals surface area (Å²) >= 11 is 5.60. The van der Waals surface area contributed by atoms with Gasteiger partial charge in [-0.3, -0.25) is 14.8 Å². The van der Waals surface area contributed by atoms with Crippen LogP contribution in [0.3, 0.4) is 0 Å². The molecular weight excluding hydrogens is 553 g/mol. The van der Waals surface area contributed by atoms with Crippen molar-refractivity contribution in [3.05, 3.63) is 77.2 Å². The number of amides is 4. The summed E-state index contributed by atoms with van der Waals surface area (Å²) in [6, 6.07) is 8.60. The number of alkyl halides is 3. The van der Waals surface area contributed by atoms with Crippen molar-refractivity contribution in [3.8, 4) is 5.75 Å². The fourth-order valence-electron chi connectivity index (χ4n) is 3.37. The molecule has 2 aromatic rings. The molecule has 0 saturated heterocycles. The fraction of sp³-hybridized carbons (Fsp3) is 0.296. The van der Waals surface area contributed by atoms with E-state index in [0.29, 0.717) is 36.6 Å². The second-order valence-corrected chi connectivity index (χ2v) is 8.85. The molecule has 0 spiro atoms. The van der Waals surface area contributed by atoms with Crippen LogP contribution in [0.4, 0.5) is 29.3 Å². The monoisotopic (exact) mass is 582 g/mol. The Labute approximate surface area is 234 Å². The quantitative estimate of drug-likeness (QED) is 0.0492. The minimum absolute atomic E-state index is 0.0739. The van der Waals surface area contributed by atoms with Gasteiger partial charge in [0.1, 0.15) is 11.5 Å². The molecule has 9 nitrogen and oxygen atoms in total. The second-order valence-electron chi connectivity index (χ2n) is 8.45. The first-order chi connectivity index (χ1) is 19.0. The third-order valence-corrected chi connectivity index (χ3v) is 5.75. The van der Waals surface area contributed by atoms with Crippen molar-refractivity contribution in [2.75, 3.05) is 17.2 Å². The summed E-state index contributed by atoms with van der Waals surface area (Å²) in [6.07, 6.45) is 4.19. The van der Waals surface area contributed by atoms with Crippen LogP contribution in [0.5, 0.6) is 5.75 Å². The van der Waals surface area contributed by atoms with Gasteiger partial charge in [-0.1, -0.05) is 24.4 Å². The Morgan fingerprint density at radius 3 is 2.30 bits per heavy atom. The molecule has 0 bridgehead atoms. The first-order valence-corrected chi connectivity index (χ1v) is 12.6. The molecule has 0 saturated carbocycles. The van der Waals surface area contributed by atoms with Gasteiger partial charge < -0.3 is 20.3 Å². The number of carbonyl (C=O) groups excluding carboxylic acids is 3. The van der Waals surface area contributed by atoms with Gasteiger partial charge in [-0.15, -0.1) is 0 Å². The Hall–Kier alpha value is -4.03. The standard InChI is InChI=1S/C27H30ClF3N4O5/c1-2-21(14-16-35(18-36)15-6-4-3-5-7-25(37)34-39)40-22-11-8-19(9-12-22)32-26(38)33-20-10-13-24(28)23(17-20)27(29,30)31/h2,8-14,16-18,39H,3-7,15H2,1H3,(H,34,37)(H2,32,33,38)/b16-14-,21-2+. The van der Waals surface area contributed by atoms with Crippen molar-refractivity contribution in [2.45, 2.75) is 45.2 Å². The third kappa shape index (κ3) is 11.4. The predicted octanol–water partition coefficient (Wildman–Crippen LogP) is 6.71. The van der Waals surface area contributed by atoms with Gasteiger partial charge in [-0.25, -0.2) is 10.3 Å². The number of nitrogens with one attached hydrogen (secondary N) is 3. The van der Waals surface area contributed by atoms with Crippen LogP contribution in [0.25, 0.3) is 0 Å². The smallest absolute Gasteiger partial charge is 0.417 e. The van der Waals surface area contributed by atoms with E-state index in [9.17, 15) is 27.6 Å². The number of benzene rings is 2. The van der Waals surface area contributed by atoms with Gasteiger partial charge in [0.05, 0.1) is 10.6 Å². The minimum atomic E-state index is -4.66. The van der Waals surface area contributed by atoms with Crippen LogP contribution in [0, 0.1) is 0 Å². The Morgan fingerprint density at radius 1 is 1.02 bits per heavy atom. The van der Waals surface area contributed by atoms with E-state index in [0.717, 1.165) is 31.4 Å². The molecule has 4 N–H and O–H groups in total. The highest BCUT2D eigenvalue weighted by Crippen LogP contribution is 2.36. The molecule has 0 aliphatic heterocycles. The molecular formula is C27H30ClF3N4O5. The van der Waals surface area contributed by atoms with E-state index < -0.39 is 28.7 Å². The number of unbranched alkanes of at least 4 members (excludes halogenated alkanes) is 3. The van der Waals surface area contributed by atoms with Crippen LogP contribution in [0.15, 0.2) is 66.6 Å². The number of hydrogen-bond acceptors (Lipinski definition) is 5. The lowest BCUT2D eigenvalue weighted by atomic mass is 10.1. The molecule has 0 fully saturated rings. The maximum absolute atomic E-state index is 13.0. The topological polar surface area (TPSA) is 120 Å². The maximum atomic E-state index is 13.0. The van der Waals surface area contributed by atoms with Crippen LogP contribution in [-0.2, 0) is 15.8 Å². The van der Waals surface area contributed by atoms with Crippen LogP contribution < -0.4 is 20.9 Å². The van der Waals surface area contributed by atoms with E-state index in [1.54, 1.807) is 55.0 Å². The number of rotatable bonds is 14. The Morgan fingerprint density at radius 2 is 1.68 bits per heavy atom. The number of urea groups is 1. The van der Waals surface area contributed by atoms with E-state index >= 15 is 0 Å². The Balaban J connectivity index is 1.84. The van der Waals surface area contributed by atoms with Crippen LogP contribution in [0.2, 0.25) is 5.02 Å². The Kier molecular flexibility index (Phi) is 13.0. The summed E-state index contributed by atoms with van der Waals surface area (Å²) in [5.41, 5.74) is 0.830. The largest absolute Gasteiger partial charge is 0.458 e.